The zero-order chi connectivity index (χ0) is 8.69. The first-order valence-corrected chi connectivity index (χ1v) is 3.76. The molecule has 0 nitrogen and oxygen atoms in total. The zero-order valence-electron chi connectivity index (χ0n) is 8.30. The third kappa shape index (κ3) is 12.5. The van der Waals surface area contributed by atoms with Gasteiger partial charge in [0.15, 0.2) is 0 Å². The summed E-state index contributed by atoms with van der Waals surface area (Å²) in [4.78, 5) is 0. The van der Waals surface area contributed by atoms with Crippen LogP contribution in [0.5, 0.6) is 0 Å². The van der Waals surface area contributed by atoms with Gasteiger partial charge in [-0.1, -0.05) is 6.07 Å². The molecule has 0 saturated carbocycles. The van der Waals surface area contributed by atoms with E-state index in [1.165, 1.54) is 5.92 Å². The van der Waals surface area contributed by atoms with Gasteiger partial charge in [-0.15, -0.1) is 12.1 Å². The van der Waals surface area contributed by atoms with E-state index in [9.17, 15) is 0 Å². The maximum Gasteiger partial charge on any atom is 2.00 e. The van der Waals surface area contributed by atoms with Gasteiger partial charge in [0.2, 0.25) is 0 Å². The SMILES string of the molecule is C[C-](C)C.[CH2-]c1ccccc1.[Mg+2]. The van der Waals surface area contributed by atoms with E-state index in [1.54, 1.807) is 0 Å². The van der Waals surface area contributed by atoms with Crippen molar-refractivity contribution in [3.63, 3.8) is 0 Å². The van der Waals surface area contributed by atoms with Gasteiger partial charge >= 0.3 is 23.1 Å². The Hall–Kier alpha value is -0.144. The minimum atomic E-state index is 0. The summed E-state index contributed by atoms with van der Waals surface area (Å²) in [5.41, 5.74) is 1.07. The fraction of sp³-hybridized carbons (Fsp3) is 0.273. The Morgan fingerprint density at radius 2 is 1.33 bits per heavy atom. The second-order valence-corrected chi connectivity index (χ2v) is 2.99. The van der Waals surface area contributed by atoms with Gasteiger partial charge < -0.3 is 5.92 Å². The van der Waals surface area contributed by atoms with Crippen LogP contribution in [0.1, 0.15) is 26.3 Å². The molecule has 0 radical (unpaired) electrons. The van der Waals surface area contributed by atoms with Gasteiger partial charge in [0, 0.05) is 0 Å². The van der Waals surface area contributed by atoms with E-state index >= 15 is 0 Å². The summed E-state index contributed by atoms with van der Waals surface area (Å²) in [6.07, 6.45) is 0. The summed E-state index contributed by atoms with van der Waals surface area (Å²) in [5.74, 6) is 1.42. The molecular weight excluding hydrogens is 156 g/mol. The molecule has 0 aliphatic heterocycles. The first-order chi connectivity index (χ1) is 5.13. The van der Waals surface area contributed by atoms with Crippen LogP contribution in [-0.4, -0.2) is 23.1 Å². The molecule has 1 aromatic carbocycles. The molecule has 0 fully saturated rings. The van der Waals surface area contributed by atoms with Crippen LogP contribution in [0, 0.1) is 12.8 Å². The van der Waals surface area contributed by atoms with E-state index < -0.39 is 0 Å². The van der Waals surface area contributed by atoms with E-state index in [-0.39, 0.29) is 23.1 Å². The van der Waals surface area contributed by atoms with Gasteiger partial charge in [0.25, 0.3) is 0 Å². The molecule has 62 valence electrons. The first kappa shape index (κ1) is 14.4. The minimum absolute atomic E-state index is 0. The van der Waals surface area contributed by atoms with Crippen LogP contribution in [0.15, 0.2) is 30.3 Å². The van der Waals surface area contributed by atoms with E-state index in [1.807, 2.05) is 30.3 Å². The Morgan fingerprint density at radius 3 is 1.50 bits per heavy atom. The summed E-state index contributed by atoms with van der Waals surface area (Å²) >= 11 is 0. The van der Waals surface area contributed by atoms with Crippen molar-refractivity contribution in [3.05, 3.63) is 48.7 Å². The van der Waals surface area contributed by atoms with Crippen LogP contribution in [0.2, 0.25) is 0 Å². The molecule has 0 aliphatic rings. The summed E-state index contributed by atoms with van der Waals surface area (Å²) in [6.45, 7) is 9.97. The summed E-state index contributed by atoms with van der Waals surface area (Å²) in [7, 11) is 0. The quantitative estimate of drug-likeness (QED) is 0.417. The van der Waals surface area contributed by atoms with Gasteiger partial charge in [0.1, 0.15) is 0 Å². The Labute approximate surface area is 92.5 Å². The smallest absolute Gasteiger partial charge is 0.323 e. The van der Waals surface area contributed by atoms with Crippen molar-refractivity contribution in [3.8, 4) is 0 Å². The summed E-state index contributed by atoms with van der Waals surface area (Å²) in [6, 6.07) is 9.87. The molecule has 0 aromatic heterocycles. The number of hydrogen-bond acceptors (Lipinski definition) is 0. The van der Waals surface area contributed by atoms with Gasteiger partial charge in [-0.25, -0.2) is 0 Å². The van der Waals surface area contributed by atoms with Gasteiger partial charge in [0.05, 0.1) is 0 Å². The molecule has 0 heterocycles. The van der Waals surface area contributed by atoms with E-state index in [0.29, 0.717) is 0 Å². The fourth-order valence-corrected chi connectivity index (χ4v) is 0.478. The molecule has 1 aromatic rings. The van der Waals surface area contributed by atoms with Crippen LogP contribution in [0.25, 0.3) is 0 Å². The van der Waals surface area contributed by atoms with Gasteiger partial charge in [-0.2, -0.15) is 45.4 Å². The van der Waals surface area contributed by atoms with Crippen molar-refractivity contribution in [2.45, 2.75) is 20.8 Å². The molecular formula is C11H16Mg. The maximum absolute atomic E-state index is 3.72. The molecule has 0 bridgehead atoms. The Morgan fingerprint density at radius 1 is 1.00 bits per heavy atom. The maximum atomic E-state index is 3.72. The number of benzene rings is 1. The van der Waals surface area contributed by atoms with Crippen molar-refractivity contribution in [1.29, 1.82) is 0 Å². The summed E-state index contributed by atoms with van der Waals surface area (Å²) in [5, 5.41) is 0. The predicted molar refractivity (Wildman–Crippen MR) is 56.9 cm³/mol. The number of rotatable bonds is 0. The van der Waals surface area contributed by atoms with Gasteiger partial charge in [-0.3, -0.25) is 0 Å². The fourth-order valence-electron chi connectivity index (χ4n) is 0.478. The van der Waals surface area contributed by atoms with Gasteiger partial charge in [-0.05, 0) is 0 Å². The Bertz CT molecular complexity index is 165. The molecule has 0 aliphatic carbocycles. The normalized spacial score (nSPS) is 8.00. The summed E-state index contributed by atoms with van der Waals surface area (Å²) < 4.78 is 0. The van der Waals surface area contributed by atoms with Crippen LogP contribution < -0.4 is 0 Å². The molecule has 1 rings (SSSR count). The average Bonchev–Trinajstić information content (AvgIpc) is 1.87. The zero-order valence-corrected chi connectivity index (χ0v) is 9.72. The number of hydrogen-bond donors (Lipinski definition) is 0. The van der Waals surface area contributed by atoms with Crippen molar-refractivity contribution < 1.29 is 0 Å². The van der Waals surface area contributed by atoms with E-state index in [2.05, 4.69) is 27.7 Å². The molecule has 0 saturated heterocycles. The average molecular weight is 173 g/mol. The molecule has 0 atom stereocenters. The second-order valence-electron chi connectivity index (χ2n) is 2.99. The topological polar surface area (TPSA) is 0 Å². The van der Waals surface area contributed by atoms with Crippen molar-refractivity contribution >= 4 is 23.1 Å². The van der Waals surface area contributed by atoms with Crippen LogP contribution >= 0.6 is 0 Å². The van der Waals surface area contributed by atoms with E-state index in [4.69, 9.17) is 0 Å². The van der Waals surface area contributed by atoms with Crippen LogP contribution in [0.4, 0.5) is 0 Å². The first-order valence-electron chi connectivity index (χ1n) is 3.76. The largest absolute Gasteiger partial charge is 2.00 e. The Balaban J connectivity index is 0. The molecule has 0 unspecified atom stereocenters. The monoisotopic (exact) mass is 172 g/mol. The molecule has 0 amide bonds. The minimum Gasteiger partial charge on any atom is -0.323 e. The van der Waals surface area contributed by atoms with Crippen molar-refractivity contribution in [1.82, 2.24) is 0 Å². The van der Waals surface area contributed by atoms with Crippen LogP contribution in [0.3, 0.4) is 0 Å². The molecule has 0 N–H and O–H groups in total. The van der Waals surface area contributed by atoms with Crippen molar-refractivity contribution in [2.75, 3.05) is 0 Å². The molecule has 0 spiro atoms. The second kappa shape index (κ2) is 8.95. The third-order valence-electron chi connectivity index (χ3n) is 0.843. The third-order valence-corrected chi connectivity index (χ3v) is 0.843. The molecule has 1 heteroatoms. The van der Waals surface area contributed by atoms with E-state index in [0.717, 1.165) is 5.56 Å². The van der Waals surface area contributed by atoms with Crippen molar-refractivity contribution in [2.24, 2.45) is 0 Å². The predicted octanol–water partition coefficient (Wildman–Crippen LogP) is 3.11. The van der Waals surface area contributed by atoms with Crippen LogP contribution in [-0.2, 0) is 0 Å². The Kier molecular flexibility index (Phi) is 10.7. The molecule has 12 heavy (non-hydrogen) atoms. The standard InChI is InChI=1S/C7H7.C4H9.Mg/c1-7-5-3-2-4-6-7;1-4(2)3;/h2-6H,1H2;1-3H3;/q2*-1;+2.